The summed E-state index contributed by atoms with van der Waals surface area (Å²) in [6, 6.07) is 19.5. The Hall–Kier alpha value is -3.12. The molecule has 6 nitrogen and oxygen atoms in total. The molecular weight excluding hydrogens is 424 g/mol. The van der Waals surface area contributed by atoms with Crippen LogP contribution >= 0.6 is 11.6 Å². The van der Waals surface area contributed by atoms with E-state index in [0.717, 1.165) is 60.2 Å². The second-order valence-electron chi connectivity index (χ2n) is 7.91. The van der Waals surface area contributed by atoms with Gasteiger partial charge in [0.2, 0.25) is 5.91 Å². The van der Waals surface area contributed by atoms with E-state index < -0.39 is 0 Å². The van der Waals surface area contributed by atoms with Crippen molar-refractivity contribution in [1.29, 1.82) is 0 Å². The fraction of sp³-hybridized carbons (Fsp3) is 0.320. The molecule has 0 saturated carbocycles. The van der Waals surface area contributed by atoms with Gasteiger partial charge in [-0.05, 0) is 61.2 Å². The minimum absolute atomic E-state index is 0.0391. The predicted molar refractivity (Wildman–Crippen MR) is 127 cm³/mol. The standard InChI is InChI=1S/C25H27ClN4O2/c1-32-23-5-3-2-4-21(23)22-10-11-24(29-28-22)30-16-13-19(14-17-30)25(31)27-15-12-18-6-8-20(26)9-7-18/h2-11,19H,12-17H2,1H3,(H,27,31). The molecule has 2 heterocycles. The highest BCUT2D eigenvalue weighted by atomic mass is 35.5. The fourth-order valence-electron chi connectivity index (χ4n) is 3.99. The summed E-state index contributed by atoms with van der Waals surface area (Å²) in [6.07, 6.45) is 2.42. The van der Waals surface area contributed by atoms with E-state index in [2.05, 4.69) is 20.4 Å². The molecule has 0 aliphatic carbocycles. The van der Waals surface area contributed by atoms with Gasteiger partial charge in [-0.3, -0.25) is 4.79 Å². The number of rotatable bonds is 7. The number of amides is 1. The summed E-state index contributed by atoms with van der Waals surface area (Å²) in [5.41, 5.74) is 2.86. The first-order valence-corrected chi connectivity index (χ1v) is 11.3. The second kappa shape index (κ2) is 10.5. The number of para-hydroxylation sites is 1. The van der Waals surface area contributed by atoms with Gasteiger partial charge in [-0.2, -0.15) is 0 Å². The molecule has 1 aliphatic heterocycles. The number of hydrogen-bond donors (Lipinski definition) is 1. The van der Waals surface area contributed by atoms with Crippen molar-refractivity contribution in [3.63, 3.8) is 0 Å². The molecule has 0 spiro atoms. The molecule has 1 amide bonds. The summed E-state index contributed by atoms with van der Waals surface area (Å²) in [6.45, 7) is 2.21. The second-order valence-corrected chi connectivity index (χ2v) is 8.34. The van der Waals surface area contributed by atoms with Crippen LogP contribution in [0, 0.1) is 5.92 Å². The van der Waals surface area contributed by atoms with Crippen LogP contribution in [-0.4, -0.2) is 42.8 Å². The number of ether oxygens (including phenoxy) is 1. The van der Waals surface area contributed by atoms with Gasteiger partial charge in [-0.15, -0.1) is 10.2 Å². The van der Waals surface area contributed by atoms with Crippen LogP contribution in [-0.2, 0) is 11.2 Å². The lowest BCUT2D eigenvalue weighted by Gasteiger charge is -2.31. The van der Waals surface area contributed by atoms with Gasteiger partial charge in [0, 0.05) is 36.1 Å². The summed E-state index contributed by atoms with van der Waals surface area (Å²) in [5, 5.41) is 12.6. The van der Waals surface area contributed by atoms with E-state index in [-0.39, 0.29) is 11.8 Å². The molecular formula is C25H27ClN4O2. The monoisotopic (exact) mass is 450 g/mol. The SMILES string of the molecule is COc1ccccc1-c1ccc(N2CCC(C(=O)NCCc3ccc(Cl)cc3)CC2)nn1. The van der Waals surface area contributed by atoms with Gasteiger partial charge in [0.05, 0.1) is 12.8 Å². The van der Waals surface area contributed by atoms with Crippen molar-refractivity contribution >= 4 is 23.3 Å². The number of nitrogens with zero attached hydrogens (tertiary/aromatic N) is 3. The van der Waals surface area contributed by atoms with Crippen molar-refractivity contribution in [3.8, 4) is 17.0 Å². The van der Waals surface area contributed by atoms with E-state index in [9.17, 15) is 4.79 Å². The number of carbonyl (C=O) groups excluding carboxylic acids is 1. The lowest BCUT2D eigenvalue weighted by molar-refractivity contribution is -0.125. The van der Waals surface area contributed by atoms with Crippen LogP contribution < -0.4 is 15.0 Å². The zero-order valence-corrected chi connectivity index (χ0v) is 18.9. The van der Waals surface area contributed by atoms with Crippen LogP contribution in [0.2, 0.25) is 5.02 Å². The first-order chi connectivity index (χ1) is 15.6. The molecule has 2 aromatic carbocycles. The number of benzene rings is 2. The Kier molecular flexibility index (Phi) is 7.22. The lowest BCUT2D eigenvalue weighted by atomic mass is 9.96. The summed E-state index contributed by atoms with van der Waals surface area (Å²) in [4.78, 5) is 14.7. The highest BCUT2D eigenvalue weighted by Crippen LogP contribution is 2.29. The Labute approximate surface area is 193 Å². The molecule has 1 aliphatic rings. The number of nitrogens with one attached hydrogen (secondary N) is 1. The summed E-state index contributed by atoms with van der Waals surface area (Å²) in [7, 11) is 1.65. The highest BCUT2D eigenvalue weighted by molar-refractivity contribution is 6.30. The molecule has 1 fully saturated rings. The topological polar surface area (TPSA) is 67.3 Å². The van der Waals surface area contributed by atoms with Crippen LogP contribution in [0.25, 0.3) is 11.3 Å². The van der Waals surface area contributed by atoms with Crippen LogP contribution in [0.1, 0.15) is 18.4 Å². The summed E-state index contributed by atoms with van der Waals surface area (Å²) >= 11 is 5.91. The molecule has 1 saturated heterocycles. The summed E-state index contributed by atoms with van der Waals surface area (Å²) < 4.78 is 5.42. The van der Waals surface area contributed by atoms with Gasteiger partial charge in [0.15, 0.2) is 5.82 Å². The molecule has 0 unspecified atom stereocenters. The van der Waals surface area contributed by atoms with Crippen molar-refractivity contribution in [1.82, 2.24) is 15.5 Å². The minimum atomic E-state index is 0.0391. The number of hydrogen-bond acceptors (Lipinski definition) is 5. The summed E-state index contributed by atoms with van der Waals surface area (Å²) in [5.74, 6) is 1.79. The third-order valence-corrected chi connectivity index (χ3v) is 6.10. The first kappa shape index (κ1) is 22.1. The number of halogens is 1. The van der Waals surface area contributed by atoms with Crippen LogP contribution in [0.4, 0.5) is 5.82 Å². The van der Waals surface area contributed by atoms with Crippen molar-refractivity contribution in [2.75, 3.05) is 31.6 Å². The Balaban J connectivity index is 1.27. The number of methoxy groups -OCH3 is 1. The smallest absolute Gasteiger partial charge is 0.223 e. The lowest BCUT2D eigenvalue weighted by Crippen LogP contribution is -2.41. The van der Waals surface area contributed by atoms with E-state index in [1.54, 1.807) is 7.11 Å². The Morgan fingerprint density at radius 1 is 1.06 bits per heavy atom. The molecule has 0 radical (unpaired) electrons. The van der Waals surface area contributed by atoms with Crippen molar-refractivity contribution in [2.45, 2.75) is 19.3 Å². The number of carbonyl (C=O) groups is 1. The first-order valence-electron chi connectivity index (χ1n) is 10.9. The zero-order valence-electron chi connectivity index (χ0n) is 18.1. The van der Waals surface area contributed by atoms with Gasteiger partial charge in [-0.1, -0.05) is 35.9 Å². The van der Waals surface area contributed by atoms with Crippen LogP contribution in [0.3, 0.4) is 0 Å². The number of anilines is 1. The van der Waals surface area contributed by atoms with Crippen LogP contribution in [0.15, 0.2) is 60.7 Å². The molecule has 1 aromatic heterocycles. The molecule has 3 aromatic rings. The quantitative estimate of drug-likeness (QED) is 0.578. The highest BCUT2D eigenvalue weighted by Gasteiger charge is 2.25. The molecule has 0 bridgehead atoms. The fourth-order valence-corrected chi connectivity index (χ4v) is 4.12. The van der Waals surface area contributed by atoms with Gasteiger partial charge in [-0.25, -0.2) is 0 Å². The van der Waals surface area contributed by atoms with Crippen LogP contribution in [0.5, 0.6) is 5.75 Å². The molecule has 32 heavy (non-hydrogen) atoms. The minimum Gasteiger partial charge on any atom is -0.496 e. The molecule has 166 valence electrons. The maximum atomic E-state index is 12.6. The molecule has 7 heteroatoms. The average Bonchev–Trinajstić information content (AvgIpc) is 2.85. The Morgan fingerprint density at radius 3 is 2.50 bits per heavy atom. The van der Waals surface area contributed by atoms with Crippen molar-refractivity contribution < 1.29 is 9.53 Å². The number of aromatic nitrogens is 2. The maximum Gasteiger partial charge on any atom is 0.223 e. The van der Waals surface area contributed by atoms with E-state index in [4.69, 9.17) is 16.3 Å². The van der Waals surface area contributed by atoms with Gasteiger partial charge < -0.3 is 15.0 Å². The number of piperidine rings is 1. The normalized spacial score (nSPS) is 14.2. The van der Waals surface area contributed by atoms with Crippen molar-refractivity contribution in [3.05, 3.63) is 71.2 Å². The largest absolute Gasteiger partial charge is 0.496 e. The van der Waals surface area contributed by atoms with Gasteiger partial charge in [0.25, 0.3) is 0 Å². The van der Waals surface area contributed by atoms with Gasteiger partial charge >= 0.3 is 0 Å². The van der Waals surface area contributed by atoms with E-state index in [1.807, 2.05) is 60.7 Å². The van der Waals surface area contributed by atoms with Crippen molar-refractivity contribution in [2.24, 2.45) is 5.92 Å². The predicted octanol–water partition coefficient (Wildman–Crippen LogP) is 4.38. The maximum absolute atomic E-state index is 12.6. The van der Waals surface area contributed by atoms with Gasteiger partial charge in [0.1, 0.15) is 5.75 Å². The van der Waals surface area contributed by atoms with E-state index in [1.165, 1.54) is 5.56 Å². The van der Waals surface area contributed by atoms with E-state index in [0.29, 0.717) is 6.54 Å². The molecule has 4 rings (SSSR count). The average molecular weight is 451 g/mol. The van der Waals surface area contributed by atoms with E-state index >= 15 is 0 Å². The Morgan fingerprint density at radius 2 is 1.81 bits per heavy atom. The molecule has 0 atom stereocenters. The third-order valence-electron chi connectivity index (χ3n) is 5.85. The zero-order chi connectivity index (χ0) is 22.3. The Bertz CT molecular complexity index is 1030. The molecule has 1 N–H and O–H groups in total. The third kappa shape index (κ3) is 5.37.